The van der Waals surface area contributed by atoms with Crippen molar-refractivity contribution in [3.8, 4) is 5.75 Å². The summed E-state index contributed by atoms with van der Waals surface area (Å²) in [6, 6.07) is 7.33. The second kappa shape index (κ2) is 5.21. The lowest BCUT2D eigenvalue weighted by Gasteiger charge is -2.42. The molecule has 0 aliphatic carbocycles. The lowest BCUT2D eigenvalue weighted by atomic mass is 9.78. The van der Waals surface area contributed by atoms with Crippen LogP contribution in [0, 0.1) is 5.41 Å². The topological polar surface area (TPSA) is 55.6 Å². The molecule has 0 spiro atoms. The normalized spacial score (nSPS) is 22.1. The Morgan fingerprint density at radius 3 is 2.74 bits per heavy atom. The number of hydrogen-bond acceptors (Lipinski definition) is 3. The minimum atomic E-state index is 0.00315. The van der Waals surface area contributed by atoms with Gasteiger partial charge in [0.25, 0.3) is 5.91 Å². The van der Waals surface area contributed by atoms with Crippen molar-refractivity contribution in [3.63, 3.8) is 0 Å². The van der Waals surface area contributed by atoms with Gasteiger partial charge in [0.05, 0.1) is 12.7 Å². The number of amides is 1. The number of likely N-dealkylation sites (tertiary alicyclic amines) is 1. The number of nitrogens with zero attached hydrogens (tertiary/aromatic N) is 1. The van der Waals surface area contributed by atoms with E-state index in [1.54, 1.807) is 19.2 Å². The van der Waals surface area contributed by atoms with E-state index in [1.807, 2.05) is 17.0 Å². The van der Waals surface area contributed by atoms with E-state index in [-0.39, 0.29) is 17.4 Å². The number of carbonyl (C=O) groups is 1. The molecule has 1 aliphatic rings. The van der Waals surface area contributed by atoms with Crippen LogP contribution in [0.2, 0.25) is 0 Å². The lowest BCUT2D eigenvalue weighted by molar-refractivity contribution is 0.0572. The number of nitrogens with two attached hydrogens (primary N) is 1. The van der Waals surface area contributed by atoms with Crippen molar-refractivity contribution in [1.29, 1.82) is 0 Å². The third-order valence-electron chi connectivity index (χ3n) is 4.07. The Kier molecular flexibility index (Phi) is 3.80. The summed E-state index contributed by atoms with van der Waals surface area (Å²) in [7, 11) is 1.58. The predicted octanol–water partition coefficient (Wildman–Crippen LogP) is 1.89. The fourth-order valence-corrected chi connectivity index (χ4v) is 2.36. The second-order valence-electron chi connectivity index (χ2n) is 5.80. The van der Waals surface area contributed by atoms with Crippen molar-refractivity contribution < 1.29 is 9.53 Å². The summed E-state index contributed by atoms with van der Waals surface area (Å²) in [5, 5.41) is 0. The zero-order valence-electron chi connectivity index (χ0n) is 11.8. The molecule has 0 aromatic heterocycles. The van der Waals surface area contributed by atoms with E-state index in [0.29, 0.717) is 17.9 Å². The smallest absolute Gasteiger partial charge is 0.257 e. The molecule has 1 amide bonds. The number of rotatable bonds is 2. The zero-order valence-corrected chi connectivity index (χ0v) is 11.8. The largest absolute Gasteiger partial charge is 0.496 e. The fourth-order valence-electron chi connectivity index (χ4n) is 2.36. The molecule has 1 aromatic rings. The Hall–Kier alpha value is -1.55. The maximum atomic E-state index is 12.5. The quantitative estimate of drug-likeness (QED) is 0.885. The van der Waals surface area contributed by atoms with Crippen LogP contribution in [0.5, 0.6) is 5.75 Å². The number of methoxy groups -OCH3 is 1. The van der Waals surface area contributed by atoms with Crippen LogP contribution in [-0.2, 0) is 0 Å². The van der Waals surface area contributed by atoms with E-state index in [0.717, 1.165) is 13.0 Å². The second-order valence-corrected chi connectivity index (χ2v) is 5.80. The summed E-state index contributed by atoms with van der Waals surface area (Å²) in [6.07, 6.45) is 0.926. The zero-order chi connectivity index (χ0) is 14.0. The SMILES string of the molecule is COc1ccccc1C(=O)N1CCC(C)(C)C(N)C1. The molecule has 4 nitrogen and oxygen atoms in total. The van der Waals surface area contributed by atoms with Gasteiger partial charge in [-0.25, -0.2) is 0 Å². The van der Waals surface area contributed by atoms with Crippen LogP contribution in [0.15, 0.2) is 24.3 Å². The van der Waals surface area contributed by atoms with Crippen LogP contribution in [0.25, 0.3) is 0 Å². The molecule has 1 unspecified atom stereocenters. The van der Waals surface area contributed by atoms with Gasteiger partial charge in [-0.3, -0.25) is 4.79 Å². The molecule has 19 heavy (non-hydrogen) atoms. The molecular weight excluding hydrogens is 240 g/mol. The van der Waals surface area contributed by atoms with Crippen molar-refractivity contribution in [2.75, 3.05) is 20.2 Å². The Morgan fingerprint density at radius 2 is 2.11 bits per heavy atom. The molecule has 0 bridgehead atoms. The molecule has 1 aliphatic heterocycles. The average molecular weight is 262 g/mol. The maximum Gasteiger partial charge on any atom is 0.257 e. The highest BCUT2D eigenvalue weighted by Gasteiger charge is 2.35. The molecule has 0 radical (unpaired) electrons. The van der Waals surface area contributed by atoms with Crippen molar-refractivity contribution in [1.82, 2.24) is 4.90 Å². The van der Waals surface area contributed by atoms with Gasteiger partial charge in [-0.15, -0.1) is 0 Å². The number of para-hydroxylation sites is 1. The first kappa shape index (κ1) is 13.9. The minimum absolute atomic E-state index is 0.00315. The van der Waals surface area contributed by atoms with Gasteiger partial charge < -0.3 is 15.4 Å². The van der Waals surface area contributed by atoms with Crippen LogP contribution < -0.4 is 10.5 Å². The summed E-state index contributed by atoms with van der Waals surface area (Å²) < 4.78 is 5.25. The first-order valence-electron chi connectivity index (χ1n) is 6.63. The van der Waals surface area contributed by atoms with Crippen molar-refractivity contribution in [2.45, 2.75) is 26.3 Å². The highest BCUT2D eigenvalue weighted by molar-refractivity contribution is 5.97. The third-order valence-corrected chi connectivity index (χ3v) is 4.07. The summed E-state index contributed by atoms with van der Waals surface area (Å²) in [6.45, 7) is 5.66. The van der Waals surface area contributed by atoms with Gasteiger partial charge in [-0.2, -0.15) is 0 Å². The van der Waals surface area contributed by atoms with E-state index in [2.05, 4.69) is 13.8 Å². The highest BCUT2D eigenvalue weighted by Crippen LogP contribution is 2.30. The molecule has 2 rings (SSSR count). The number of piperidine rings is 1. The van der Waals surface area contributed by atoms with Crippen molar-refractivity contribution in [3.05, 3.63) is 29.8 Å². The number of benzene rings is 1. The van der Waals surface area contributed by atoms with Crippen LogP contribution in [0.3, 0.4) is 0 Å². The highest BCUT2D eigenvalue weighted by atomic mass is 16.5. The van der Waals surface area contributed by atoms with Gasteiger partial charge in [0.1, 0.15) is 5.75 Å². The van der Waals surface area contributed by atoms with Crippen LogP contribution in [-0.4, -0.2) is 37.0 Å². The van der Waals surface area contributed by atoms with E-state index < -0.39 is 0 Å². The van der Waals surface area contributed by atoms with Gasteiger partial charge in [-0.1, -0.05) is 26.0 Å². The first-order valence-corrected chi connectivity index (χ1v) is 6.63. The molecule has 1 aromatic carbocycles. The molecule has 1 atom stereocenters. The van der Waals surface area contributed by atoms with Crippen molar-refractivity contribution >= 4 is 5.91 Å². The number of ether oxygens (including phenoxy) is 1. The Balaban J connectivity index is 2.17. The molecule has 0 saturated carbocycles. The molecule has 4 heteroatoms. The summed E-state index contributed by atoms with van der Waals surface area (Å²) in [5.74, 6) is 0.620. The lowest BCUT2D eigenvalue weighted by Crippen LogP contribution is -2.54. The fraction of sp³-hybridized carbons (Fsp3) is 0.533. The Morgan fingerprint density at radius 1 is 1.42 bits per heavy atom. The standard InChI is InChI=1S/C15H22N2O2/c1-15(2)8-9-17(10-13(15)16)14(18)11-6-4-5-7-12(11)19-3/h4-7,13H,8-10,16H2,1-3H3. The van der Waals surface area contributed by atoms with E-state index in [1.165, 1.54) is 0 Å². The van der Waals surface area contributed by atoms with Crippen LogP contribution in [0.1, 0.15) is 30.6 Å². The summed E-state index contributed by atoms with van der Waals surface area (Å²) in [4.78, 5) is 14.4. The Bertz CT molecular complexity index is 471. The third kappa shape index (κ3) is 2.73. The number of hydrogen-bond donors (Lipinski definition) is 1. The molecular formula is C15H22N2O2. The summed E-state index contributed by atoms with van der Waals surface area (Å²) >= 11 is 0. The van der Waals surface area contributed by atoms with Gasteiger partial charge in [0, 0.05) is 19.1 Å². The monoisotopic (exact) mass is 262 g/mol. The Labute approximate surface area is 114 Å². The molecule has 2 N–H and O–H groups in total. The first-order chi connectivity index (χ1) is 8.95. The maximum absolute atomic E-state index is 12.5. The molecule has 1 heterocycles. The van der Waals surface area contributed by atoms with E-state index >= 15 is 0 Å². The van der Waals surface area contributed by atoms with Crippen LogP contribution >= 0.6 is 0 Å². The van der Waals surface area contributed by atoms with Gasteiger partial charge in [-0.05, 0) is 24.0 Å². The van der Waals surface area contributed by atoms with Gasteiger partial charge >= 0.3 is 0 Å². The summed E-state index contributed by atoms with van der Waals surface area (Å²) in [5.41, 5.74) is 6.87. The van der Waals surface area contributed by atoms with Crippen molar-refractivity contribution in [2.24, 2.45) is 11.1 Å². The average Bonchev–Trinajstić information content (AvgIpc) is 2.41. The van der Waals surface area contributed by atoms with Crippen LogP contribution in [0.4, 0.5) is 0 Å². The molecule has 104 valence electrons. The van der Waals surface area contributed by atoms with E-state index in [9.17, 15) is 4.79 Å². The molecule has 1 fully saturated rings. The predicted molar refractivity (Wildman–Crippen MR) is 75.3 cm³/mol. The van der Waals surface area contributed by atoms with Gasteiger partial charge in [0.2, 0.25) is 0 Å². The minimum Gasteiger partial charge on any atom is -0.496 e. The number of carbonyl (C=O) groups excluding carboxylic acids is 1. The van der Waals surface area contributed by atoms with E-state index in [4.69, 9.17) is 10.5 Å². The molecule has 1 saturated heterocycles. The van der Waals surface area contributed by atoms with Gasteiger partial charge in [0.15, 0.2) is 0 Å².